The lowest BCUT2D eigenvalue weighted by Gasteiger charge is -2.33. The molecule has 1 N–H and O–H groups in total. The summed E-state index contributed by atoms with van der Waals surface area (Å²) in [6.07, 6.45) is 4.45. The molecule has 4 nitrogen and oxygen atoms in total. The number of nitrogens with zero attached hydrogens (tertiary/aromatic N) is 1. The van der Waals surface area contributed by atoms with Crippen LogP contribution in [0.4, 0.5) is 0 Å². The zero-order chi connectivity index (χ0) is 14.3. The van der Waals surface area contributed by atoms with Crippen molar-refractivity contribution in [3.8, 4) is 0 Å². The SMILES string of the molecule is CC(C)NC1CCCN(CCCCOC(C)C)C1=O. The molecule has 1 fully saturated rings. The van der Waals surface area contributed by atoms with Crippen LogP contribution in [0.25, 0.3) is 0 Å². The number of carbonyl (C=O) groups is 1. The first-order valence-electron chi connectivity index (χ1n) is 7.67. The van der Waals surface area contributed by atoms with Crippen LogP contribution in [0.5, 0.6) is 0 Å². The highest BCUT2D eigenvalue weighted by atomic mass is 16.5. The third-order valence-electron chi connectivity index (χ3n) is 3.34. The zero-order valence-electron chi connectivity index (χ0n) is 12.9. The number of rotatable bonds is 8. The third kappa shape index (κ3) is 6.39. The van der Waals surface area contributed by atoms with E-state index in [0.717, 1.165) is 45.4 Å². The van der Waals surface area contributed by atoms with Crippen molar-refractivity contribution in [2.24, 2.45) is 0 Å². The number of nitrogens with one attached hydrogen (secondary N) is 1. The highest BCUT2D eigenvalue weighted by Crippen LogP contribution is 2.13. The van der Waals surface area contributed by atoms with Gasteiger partial charge in [0.25, 0.3) is 0 Å². The average Bonchev–Trinajstić information content (AvgIpc) is 2.32. The predicted molar refractivity (Wildman–Crippen MR) is 78.2 cm³/mol. The summed E-state index contributed by atoms with van der Waals surface area (Å²) >= 11 is 0. The number of likely N-dealkylation sites (tertiary alicyclic amines) is 1. The lowest BCUT2D eigenvalue weighted by Crippen LogP contribution is -2.52. The van der Waals surface area contributed by atoms with Crippen molar-refractivity contribution in [3.05, 3.63) is 0 Å². The van der Waals surface area contributed by atoms with Gasteiger partial charge in [-0.15, -0.1) is 0 Å². The highest BCUT2D eigenvalue weighted by Gasteiger charge is 2.28. The monoisotopic (exact) mass is 270 g/mol. The molecule has 112 valence electrons. The van der Waals surface area contributed by atoms with E-state index in [2.05, 4.69) is 33.0 Å². The smallest absolute Gasteiger partial charge is 0.239 e. The van der Waals surface area contributed by atoms with Gasteiger partial charge in [-0.3, -0.25) is 4.79 Å². The Labute approximate surface area is 117 Å². The topological polar surface area (TPSA) is 41.6 Å². The van der Waals surface area contributed by atoms with Crippen LogP contribution >= 0.6 is 0 Å². The van der Waals surface area contributed by atoms with Crippen LogP contribution in [0.3, 0.4) is 0 Å². The van der Waals surface area contributed by atoms with Gasteiger partial charge in [-0.1, -0.05) is 13.8 Å². The van der Waals surface area contributed by atoms with Crippen LogP contribution in [0.15, 0.2) is 0 Å². The van der Waals surface area contributed by atoms with Crippen LogP contribution in [0.1, 0.15) is 53.4 Å². The van der Waals surface area contributed by atoms with Crippen LogP contribution in [-0.4, -0.2) is 48.7 Å². The number of hydrogen-bond acceptors (Lipinski definition) is 3. The number of ether oxygens (including phenoxy) is 1. The summed E-state index contributed by atoms with van der Waals surface area (Å²) in [5.74, 6) is 0.282. The molecule has 1 saturated heterocycles. The summed E-state index contributed by atoms with van der Waals surface area (Å²) in [5, 5.41) is 3.36. The number of amides is 1. The van der Waals surface area contributed by atoms with Gasteiger partial charge in [-0.25, -0.2) is 0 Å². The largest absolute Gasteiger partial charge is 0.379 e. The maximum absolute atomic E-state index is 12.3. The Morgan fingerprint density at radius 1 is 1.32 bits per heavy atom. The lowest BCUT2D eigenvalue weighted by molar-refractivity contribution is -0.136. The minimum absolute atomic E-state index is 0.0284. The second-order valence-electron chi connectivity index (χ2n) is 5.97. The van der Waals surface area contributed by atoms with Gasteiger partial charge in [0.15, 0.2) is 0 Å². The Morgan fingerprint density at radius 2 is 2.05 bits per heavy atom. The number of unbranched alkanes of at least 4 members (excludes halogenated alkanes) is 1. The molecule has 1 unspecified atom stereocenters. The van der Waals surface area contributed by atoms with Crippen molar-refractivity contribution < 1.29 is 9.53 Å². The maximum Gasteiger partial charge on any atom is 0.239 e. The first-order valence-corrected chi connectivity index (χ1v) is 7.67. The molecular weight excluding hydrogens is 240 g/mol. The van der Waals surface area contributed by atoms with Crippen molar-refractivity contribution in [2.75, 3.05) is 19.7 Å². The summed E-state index contributed by atoms with van der Waals surface area (Å²) < 4.78 is 5.52. The molecule has 0 aromatic carbocycles. The lowest BCUT2D eigenvalue weighted by atomic mass is 10.0. The van der Waals surface area contributed by atoms with E-state index < -0.39 is 0 Å². The molecule has 0 radical (unpaired) electrons. The van der Waals surface area contributed by atoms with Gasteiger partial charge in [-0.05, 0) is 39.5 Å². The second-order valence-corrected chi connectivity index (χ2v) is 5.97. The van der Waals surface area contributed by atoms with Crippen molar-refractivity contribution in [2.45, 2.75) is 71.6 Å². The fraction of sp³-hybridized carbons (Fsp3) is 0.933. The van der Waals surface area contributed by atoms with E-state index in [-0.39, 0.29) is 11.9 Å². The Morgan fingerprint density at radius 3 is 2.68 bits per heavy atom. The normalized spacial score (nSPS) is 20.6. The van der Waals surface area contributed by atoms with E-state index in [1.165, 1.54) is 0 Å². The van der Waals surface area contributed by atoms with Crippen LogP contribution in [0, 0.1) is 0 Å². The minimum Gasteiger partial charge on any atom is -0.379 e. The Balaban J connectivity index is 2.23. The number of hydrogen-bond donors (Lipinski definition) is 1. The Kier molecular flexibility index (Phi) is 7.39. The van der Waals surface area contributed by atoms with Crippen molar-refractivity contribution in [3.63, 3.8) is 0 Å². The number of piperidine rings is 1. The van der Waals surface area contributed by atoms with Gasteiger partial charge in [-0.2, -0.15) is 0 Å². The average molecular weight is 270 g/mol. The standard InChI is InChI=1S/C15H30N2O2/c1-12(2)16-14-8-7-10-17(15(14)18)9-5-6-11-19-13(3)4/h12-14,16H,5-11H2,1-4H3. The molecule has 0 aromatic rings. The van der Waals surface area contributed by atoms with Gasteiger partial charge < -0.3 is 15.0 Å². The van der Waals surface area contributed by atoms with Gasteiger partial charge in [0, 0.05) is 25.7 Å². The molecule has 0 spiro atoms. The molecule has 4 heteroatoms. The fourth-order valence-electron chi connectivity index (χ4n) is 2.44. The van der Waals surface area contributed by atoms with Gasteiger partial charge in [0.2, 0.25) is 5.91 Å². The minimum atomic E-state index is 0.0284. The van der Waals surface area contributed by atoms with E-state index in [1.54, 1.807) is 0 Å². The first-order chi connectivity index (χ1) is 9.00. The summed E-state index contributed by atoms with van der Waals surface area (Å²) in [7, 11) is 0. The van der Waals surface area contributed by atoms with Crippen molar-refractivity contribution >= 4 is 5.91 Å². The molecule has 1 aliphatic heterocycles. The molecule has 1 atom stereocenters. The molecule has 1 aliphatic rings. The van der Waals surface area contributed by atoms with E-state index >= 15 is 0 Å². The predicted octanol–water partition coefficient (Wildman–Crippen LogP) is 2.18. The van der Waals surface area contributed by atoms with Crippen LogP contribution < -0.4 is 5.32 Å². The van der Waals surface area contributed by atoms with Gasteiger partial charge in [0.1, 0.15) is 0 Å². The molecule has 1 rings (SSSR count). The summed E-state index contributed by atoms with van der Waals surface area (Å²) in [6, 6.07) is 0.397. The second kappa shape index (κ2) is 8.54. The molecule has 1 heterocycles. The molecular formula is C15H30N2O2. The van der Waals surface area contributed by atoms with Crippen molar-refractivity contribution in [1.82, 2.24) is 10.2 Å². The highest BCUT2D eigenvalue weighted by molar-refractivity contribution is 5.82. The molecule has 19 heavy (non-hydrogen) atoms. The van der Waals surface area contributed by atoms with Crippen molar-refractivity contribution in [1.29, 1.82) is 0 Å². The van der Waals surface area contributed by atoms with Gasteiger partial charge >= 0.3 is 0 Å². The molecule has 0 aromatic heterocycles. The van der Waals surface area contributed by atoms with E-state index in [1.807, 2.05) is 4.90 Å². The molecule has 0 aliphatic carbocycles. The summed E-state index contributed by atoms with van der Waals surface area (Å²) in [4.78, 5) is 14.3. The van der Waals surface area contributed by atoms with E-state index in [9.17, 15) is 4.79 Å². The maximum atomic E-state index is 12.3. The van der Waals surface area contributed by atoms with Crippen LogP contribution in [-0.2, 0) is 9.53 Å². The molecule has 0 bridgehead atoms. The Hall–Kier alpha value is -0.610. The number of carbonyl (C=O) groups excluding carboxylic acids is 1. The molecule has 1 amide bonds. The summed E-state index contributed by atoms with van der Waals surface area (Å²) in [6.45, 7) is 10.9. The zero-order valence-corrected chi connectivity index (χ0v) is 12.9. The Bertz CT molecular complexity index is 267. The van der Waals surface area contributed by atoms with E-state index in [4.69, 9.17) is 4.74 Å². The van der Waals surface area contributed by atoms with E-state index in [0.29, 0.717) is 12.1 Å². The third-order valence-corrected chi connectivity index (χ3v) is 3.34. The first kappa shape index (κ1) is 16.4. The van der Waals surface area contributed by atoms with Gasteiger partial charge in [0.05, 0.1) is 12.1 Å². The van der Waals surface area contributed by atoms with Crippen LogP contribution in [0.2, 0.25) is 0 Å². The summed E-state index contributed by atoms with van der Waals surface area (Å²) in [5.41, 5.74) is 0. The quantitative estimate of drug-likeness (QED) is 0.687. The fourth-order valence-corrected chi connectivity index (χ4v) is 2.44. The molecule has 0 saturated carbocycles.